The molecule has 0 saturated carbocycles. The number of para-hydroxylation sites is 1. The fourth-order valence-electron chi connectivity index (χ4n) is 1.56. The molecule has 0 saturated heterocycles. The Bertz CT molecular complexity index is 586. The monoisotopic (exact) mass is 311 g/mol. The minimum Gasteiger partial charge on any atom is -0.258 e. The first-order valence-electron chi connectivity index (χ1n) is 4.78. The molecule has 0 aliphatic rings. The largest absolute Gasteiger partial charge is 0.277 e. The number of rotatable bonds is 2. The summed E-state index contributed by atoms with van der Waals surface area (Å²) in [4.78, 5) is 10.5. The van der Waals surface area contributed by atoms with Crippen molar-refractivity contribution in [3.63, 3.8) is 0 Å². The highest BCUT2D eigenvalue weighted by Gasteiger charge is 2.16. The second-order valence-corrected chi connectivity index (χ2v) is 4.72. The van der Waals surface area contributed by atoms with E-state index in [1.807, 2.05) is 0 Å². The molecule has 0 unspecified atom stereocenters. The molecule has 2 aromatic carbocycles. The molecule has 0 atom stereocenters. The van der Waals surface area contributed by atoms with Crippen LogP contribution in [0.25, 0.3) is 11.1 Å². The first-order chi connectivity index (χ1) is 8.09. The normalized spacial score (nSPS) is 10.2. The highest BCUT2D eigenvalue weighted by molar-refractivity contribution is 9.10. The van der Waals surface area contributed by atoms with Crippen LogP contribution in [0.2, 0.25) is 5.02 Å². The third-order valence-electron chi connectivity index (χ3n) is 2.32. The smallest absolute Gasteiger partial charge is 0.258 e. The van der Waals surface area contributed by atoms with Crippen LogP contribution in [0.4, 0.5) is 5.69 Å². The Morgan fingerprint density at radius 2 is 1.82 bits per heavy atom. The van der Waals surface area contributed by atoms with E-state index in [2.05, 4.69) is 15.9 Å². The Morgan fingerprint density at radius 1 is 1.12 bits per heavy atom. The zero-order valence-corrected chi connectivity index (χ0v) is 10.9. The standard InChI is InChI=1S/C12H7BrClNO2/c13-8-5-6-11(14)10(7-8)9-3-1-2-4-12(9)15(16)17/h1-7H. The number of benzene rings is 2. The van der Waals surface area contributed by atoms with Crippen molar-refractivity contribution in [2.24, 2.45) is 0 Å². The Balaban J connectivity index is 2.68. The maximum atomic E-state index is 10.9. The van der Waals surface area contributed by atoms with Gasteiger partial charge in [0.1, 0.15) is 0 Å². The molecule has 0 heterocycles. The van der Waals surface area contributed by atoms with Crippen LogP contribution in [-0.2, 0) is 0 Å². The van der Waals surface area contributed by atoms with Gasteiger partial charge in [-0.15, -0.1) is 0 Å². The van der Waals surface area contributed by atoms with Gasteiger partial charge < -0.3 is 0 Å². The Labute approximate surface area is 111 Å². The van der Waals surface area contributed by atoms with Crippen molar-refractivity contribution in [3.8, 4) is 11.1 Å². The Morgan fingerprint density at radius 3 is 2.53 bits per heavy atom. The molecular formula is C12H7BrClNO2. The lowest BCUT2D eigenvalue weighted by molar-refractivity contribution is -0.384. The van der Waals surface area contributed by atoms with E-state index in [0.717, 1.165) is 4.47 Å². The minimum atomic E-state index is -0.410. The van der Waals surface area contributed by atoms with E-state index >= 15 is 0 Å². The summed E-state index contributed by atoms with van der Waals surface area (Å²) in [6.45, 7) is 0. The molecule has 3 nitrogen and oxygen atoms in total. The summed E-state index contributed by atoms with van der Waals surface area (Å²) in [7, 11) is 0. The molecule has 0 aliphatic heterocycles. The number of halogens is 2. The van der Waals surface area contributed by atoms with E-state index in [1.54, 1.807) is 36.4 Å². The lowest BCUT2D eigenvalue weighted by Crippen LogP contribution is -1.91. The van der Waals surface area contributed by atoms with Crippen LogP contribution < -0.4 is 0 Å². The number of nitro benzene ring substituents is 1. The summed E-state index contributed by atoms with van der Waals surface area (Å²) in [6, 6.07) is 11.8. The lowest BCUT2D eigenvalue weighted by atomic mass is 10.0. The molecule has 0 spiro atoms. The molecule has 0 aliphatic carbocycles. The fraction of sp³-hybridized carbons (Fsp3) is 0. The average molecular weight is 313 g/mol. The van der Waals surface area contributed by atoms with Crippen LogP contribution in [0.1, 0.15) is 0 Å². The minimum absolute atomic E-state index is 0.0486. The summed E-state index contributed by atoms with van der Waals surface area (Å²) in [5, 5.41) is 11.4. The second kappa shape index (κ2) is 4.85. The molecule has 0 amide bonds. The van der Waals surface area contributed by atoms with Crippen molar-refractivity contribution >= 4 is 33.2 Å². The zero-order valence-electron chi connectivity index (χ0n) is 8.56. The third-order valence-corrected chi connectivity index (χ3v) is 3.14. The molecular weight excluding hydrogens is 305 g/mol. The fourth-order valence-corrected chi connectivity index (χ4v) is 2.14. The van der Waals surface area contributed by atoms with Gasteiger partial charge in [0, 0.05) is 21.1 Å². The highest BCUT2D eigenvalue weighted by atomic mass is 79.9. The van der Waals surface area contributed by atoms with Gasteiger partial charge in [-0.2, -0.15) is 0 Å². The first-order valence-corrected chi connectivity index (χ1v) is 5.95. The molecule has 2 aromatic rings. The maximum Gasteiger partial charge on any atom is 0.277 e. The van der Waals surface area contributed by atoms with Crippen molar-refractivity contribution in [2.45, 2.75) is 0 Å². The van der Waals surface area contributed by atoms with Crippen LogP contribution >= 0.6 is 27.5 Å². The van der Waals surface area contributed by atoms with Crippen LogP contribution in [-0.4, -0.2) is 4.92 Å². The van der Waals surface area contributed by atoms with Crippen LogP contribution in [0.3, 0.4) is 0 Å². The molecule has 2 rings (SSSR count). The molecule has 86 valence electrons. The summed E-state index contributed by atoms with van der Waals surface area (Å²) in [6.07, 6.45) is 0. The van der Waals surface area contributed by atoms with E-state index in [-0.39, 0.29) is 5.69 Å². The SMILES string of the molecule is O=[N+]([O-])c1ccccc1-c1cc(Br)ccc1Cl. The van der Waals surface area contributed by atoms with Gasteiger partial charge in [-0.3, -0.25) is 10.1 Å². The Kier molecular flexibility index (Phi) is 3.45. The van der Waals surface area contributed by atoms with Gasteiger partial charge in [-0.05, 0) is 24.3 Å². The number of nitro groups is 1. The molecule has 0 bridgehead atoms. The second-order valence-electron chi connectivity index (χ2n) is 3.40. The highest BCUT2D eigenvalue weighted by Crippen LogP contribution is 2.35. The summed E-state index contributed by atoms with van der Waals surface area (Å²) in [5.41, 5.74) is 1.21. The van der Waals surface area contributed by atoms with Crippen molar-refractivity contribution < 1.29 is 4.92 Å². The van der Waals surface area contributed by atoms with Crippen LogP contribution in [0.5, 0.6) is 0 Å². The van der Waals surface area contributed by atoms with Crippen LogP contribution in [0, 0.1) is 10.1 Å². The van der Waals surface area contributed by atoms with Gasteiger partial charge in [0.15, 0.2) is 0 Å². The number of hydrogen-bond acceptors (Lipinski definition) is 2. The maximum absolute atomic E-state index is 10.9. The van der Waals surface area contributed by atoms with Crippen molar-refractivity contribution in [1.82, 2.24) is 0 Å². The van der Waals surface area contributed by atoms with Crippen LogP contribution in [0.15, 0.2) is 46.9 Å². The topological polar surface area (TPSA) is 43.1 Å². The number of nitrogens with zero attached hydrogens (tertiary/aromatic N) is 1. The zero-order chi connectivity index (χ0) is 12.4. The molecule has 17 heavy (non-hydrogen) atoms. The number of hydrogen-bond donors (Lipinski definition) is 0. The van der Waals surface area contributed by atoms with E-state index < -0.39 is 4.92 Å². The van der Waals surface area contributed by atoms with Gasteiger partial charge in [-0.25, -0.2) is 0 Å². The summed E-state index contributed by atoms with van der Waals surface area (Å²) >= 11 is 9.39. The summed E-state index contributed by atoms with van der Waals surface area (Å²) < 4.78 is 0.829. The van der Waals surface area contributed by atoms with Gasteiger partial charge in [0.25, 0.3) is 5.69 Å². The van der Waals surface area contributed by atoms with Gasteiger partial charge in [-0.1, -0.05) is 39.7 Å². The van der Waals surface area contributed by atoms with Crippen molar-refractivity contribution in [2.75, 3.05) is 0 Å². The van der Waals surface area contributed by atoms with Gasteiger partial charge in [0.2, 0.25) is 0 Å². The van der Waals surface area contributed by atoms with Crippen molar-refractivity contribution in [1.29, 1.82) is 0 Å². The molecule has 0 aromatic heterocycles. The van der Waals surface area contributed by atoms with E-state index in [0.29, 0.717) is 16.1 Å². The van der Waals surface area contributed by atoms with Gasteiger partial charge >= 0.3 is 0 Å². The quantitative estimate of drug-likeness (QED) is 0.597. The first kappa shape index (κ1) is 12.1. The summed E-state index contributed by atoms with van der Waals surface area (Å²) in [5.74, 6) is 0. The third kappa shape index (κ3) is 2.48. The molecule has 5 heteroatoms. The molecule has 0 radical (unpaired) electrons. The lowest BCUT2D eigenvalue weighted by Gasteiger charge is -2.05. The van der Waals surface area contributed by atoms with E-state index in [1.165, 1.54) is 6.07 Å². The predicted octanol–water partition coefficient (Wildman–Crippen LogP) is 4.68. The van der Waals surface area contributed by atoms with E-state index in [4.69, 9.17) is 11.6 Å². The van der Waals surface area contributed by atoms with E-state index in [9.17, 15) is 10.1 Å². The molecule has 0 fully saturated rings. The predicted molar refractivity (Wildman–Crippen MR) is 71.2 cm³/mol. The van der Waals surface area contributed by atoms with Crippen molar-refractivity contribution in [3.05, 3.63) is 62.1 Å². The average Bonchev–Trinajstić information content (AvgIpc) is 2.32. The van der Waals surface area contributed by atoms with Gasteiger partial charge in [0.05, 0.1) is 10.5 Å². The Hall–Kier alpha value is -1.39. The molecule has 0 N–H and O–H groups in total.